The first kappa shape index (κ1) is 17.7. The molecule has 1 aliphatic rings. The van der Waals surface area contributed by atoms with E-state index < -0.39 is 0 Å². The molecule has 5 heteroatoms. The number of ether oxygens (including phenoxy) is 1. The van der Waals surface area contributed by atoms with E-state index in [0.717, 1.165) is 43.8 Å². The Hall–Kier alpha value is -2.11. The molecule has 5 nitrogen and oxygen atoms in total. The number of hydrogen-bond donors (Lipinski definition) is 2. The second-order valence-corrected chi connectivity index (χ2v) is 6.53. The third-order valence-corrected chi connectivity index (χ3v) is 4.96. The number of aromatic nitrogens is 1. The van der Waals surface area contributed by atoms with Crippen LogP contribution >= 0.6 is 0 Å². The smallest absolute Gasteiger partial charge is 0.119 e. The number of nitrogens with one attached hydrogen (secondary N) is 1. The van der Waals surface area contributed by atoms with Gasteiger partial charge in [-0.25, -0.2) is 0 Å². The quantitative estimate of drug-likeness (QED) is 0.810. The van der Waals surface area contributed by atoms with Crippen LogP contribution in [0.3, 0.4) is 0 Å². The van der Waals surface area contributed by atoms with Crippen molar-refractivity contribution in [1.82, 2.24) is 10.3 Å². The van der Waals surface area contributed by atoms with Crippen LogP contribution in [0.5, 0.6) is 5.75 Å². The molecule has 134 valence electrons. The van der Waals surface area contributed by atoms with Crippen LogP contribution in [0.25, 0.3) is 0 Å². The van der Waals surface area contributed by atoms with Crippen LogP contribution in [0.1, 0.15) is 24.3 Å². The lowest BCUT2D eigenvalue weighted by Crippen LogP contribution is -2.44. The molecule has 0 saturated carbocycles. The van der Waals surface area contributed by atoms with Gasteiger partial charge in [0.2, 0.25) is 0 Å². The molecule has 0 amide bonds. The van der Waals surface area contributed by atoms with Crippen LogP contribution in [-0.2, 0) is 0 Å². The van der Waals surface area contributed by atoms with E-state index in [1.807, 2.05) is 30.5 Å². The Morgan fingerprint density at radius 1 is 1.24 bits per heavy atom. The molecule has 0 bridgehead atoms. The van der Waals surface area contributed by atoms with E-state index in [4.69, 9.17) is 4.74 Å². The van der Waals surface area contributed by atoms with Crippen LogP contribution in [0.15, 0.2) is 48.8 Å². The molecule has 2 heterocycles. The molecule has 1 saturated heterocycles. The molecule has 0 aliphatic carbocycles. The fourth-order valence-electron chi connectivity index (χ4n) is 3.35. The van der Waals surface area contributed by atoms with Gasteiger partial charge in [-0.05, 0) is 48.7 Å². The largest absolute Gasteiger partial charge is 0.497 e. The van der Waals surface area contributed by atoms with Gasteiger partial charge in [0, 0.05) is 49.7 Å². The van der Waals surface area contributed by atoms with Gasteiger partial charge < -0.3 is 20.1 Å². The summed E-state index contributed by atoms with van der Waals surface area (Å²) in [5.41, 5.74) is 2.34. The lowest BCUT2D eigenvalue weighted by molar-refractivity contribution is 0.255. The molecule has 1 aromatic carbocycles. The van der Waals surface area contributed by atoms with Crippen molar-refractivity contribution >= 4 is 5.69 Å². The average molecular weight is 341 g/mol. The molecule has 25 heavy (non-hydrogen) atoms. The van der Waals surface area contributed by atoms with E-state index in [0.29, 0.717) is 6.04 Å². The minimum absolute atomic E-state index is 0.105. The summed E-state index contributed by atoms with van der Waals surface area (Å²) in [5, 5.41) is 13.3. The summed E-state index contributed by atoms with van der Waals surface area (Å²) in [5.74, 6) is 0.999. The van der Waals surface area contributed by atoms with Crippen LogP contribution in [0, 0.1) is 0 Å². The van der Waals surface area contributed by atoms with Crippen LogP contribution < -0.4 is 15.0 Å². The maximum Gasteiger partial charge on any atom is 0.119 e. The monoisotopic (exact) mass is 341 g/mol. The van der Waals surface area contributed by atoms with Gasteiger partial charge >= 0.3 is 0 Å². The molecule has 1 atom stereocenters. The Morgan fingerprint density at radius 3 is 2.60 bits per heavy atom. The highest BCUT2D eigenvalue weighted by atomic mass is 16.5. The summed E-state index contributed by atoms with van der Waals surface area (Å²) in [7, 11) is 1.69. The molecule has 2 N–H and O–H groups in total. The summed E-state index contributed by atoms with van der Waals surface area (Å²) >= 11 is 0. The normalized spacial score (nSPS) is 16.6. The van der Waals surface area contributed by atoms with E-state index in [2.05, 4.69) is 27.3 Å². The van der Waals surface area contributed by atoms with Crippen molar-refractivity contribution in [3.63, 3.8) is 0 Å². The Kier molecular flexibility index (Phi) is 6.25. The van der Waals surface area contributed by atoms with Gasteiger partial charge in [0.1, 0.15) is 5.75 Å². The van der Waals surface area contributed by atoms with Crippen molar-refractivity contribution in [2.24, 2.45) is 0 Å². The van der Waals surface area contributed by atoms with E-state index in [-0.39, 0.29) is 12.5 Å². The number of hydrogen-bond acceptors (Lipinski definition) is 5. The number of anilines is 1. The SMILES string of the molecule is COc1ccc(N2CCC(NCC(CO)c3cccnc3)CC2)cc1. The summed E-state index contributed by atoms with van der Waals surface area (Å²) in [6.45, 7) is 3.01. The van der Waals surface area contributed by atoms with Gasteiger partial charge in [-0.3, -0.25) is 4.98 Å². The van der Waals surface area contributed by atoms with Crippen LogP contribution in [-0.4, -0.2) is 49.5 Å². The first-order valence-corrected chi connectivity index (χ1v) is 8.93. The predicted molar refractivity (Wildman–Crippen MR) is 100 cm³/mol. The van der Waals surface area contributed by atoms with Crippen LogP contribution in [0.4, 0.5) is 5.69 Å². The molecular weight excluding hydrogens is 314 g/mol. The molecule has 1 unspecified atom stereocenters. The first-order valence-electron chi connectivity index (χ1n) is 8.93. The van der Waals surface area contributed by atoms with Gasteiger partial charge in [0.25, 0.3) is 0 Å². The molecule has 1 fully saturated rings. The second-order valence-electron chi connectivity index (χ2n) is 6.53. The van der Waals surface area contributed by atoms with Crippen molar-refractivity contribution in [3.05, 3.63) is 54.4 Å². The summed E-state index contributed by atoms with van der Waals surface area (Å²) in [4.78, 5) is 6.57. The van der Waals surface area contributed by atoms with E-state index in [1.54, 1.807) is 13.3 Å². The molecule has 3 rings (SSSR count). The van der Waals surface area contributed by atoms with Crippen molar-refractivity contribution in [3.8, 4) is 5.75 Å². The number of piperidine rings is 1. The van der Waals surface area contributed by atoms with Crippen molar-refractivity contribution in [1.29, 1.82) is 0 Å². The van der Waals surface area contributed by atoms with Crippen molar-refractivity contribution in [2.75, 3.05) is 38.3 Å². The van der Waals surface area contributed by atoms with Gasteiger partial charge in [0.15, 0.2) is 0 Å². The number of pyridine rings is 1. The number of aliphatic hydroxyl groups is 1. The maximum absolute atomic E-state index is 9.66. The number of rotatable bonds is 7. The maximum atomic E-state index is 9.66. The lowest BCUT2D eigenvalue weighted by atomic mass is 9.99. The molecule has 2 aromatic rings. The summed E-state index contributed by atoms with van der Waals surface area (Å²) in [6, 6.07) is 12.7. The highest BCUT2D eigenvalue weighted by Crippen LogP contribution is 2.23. The van der Waals surface area contributed by atoms with Gasteiger partial charge in [-0.15, -0.1) is 0 Å². The molecular formula is C20H27N3O2. The molecule has 0 radical (unpaired) electrons. The third kappa shape index (κ3) is 4.71. The zero-order valence-electron chi connectivity index (χ0n) is 14.8. The topological polar surface area (TPSA) is 57.6 Å². The standard InChI is InChI=1S/C20H27N3O2/c1-25-20-6-4-19(5-7-20)23-11-8-18(9-12-23)22-14-17(15-24)16-3-2-10-21-13-16/h2-7,10,13,17-18,22,24H,8-9,11-12,14-15H2,1H3. The Bertz CT molecular complexity index is 625. The number of methoxy groups -OCH3 is 1. The van der Waals surface area contributed by atoms with Crippen molar-refractivity contribution < 1.29 is 9.84 Å². The zero-order valence-corrected chi connectivity index (χ0v) is 14.8. The van der Waals surface area contributed by atoms with E-state index >= 15 is 0 Å². The molecule has 1 aromatic heterocycles. The van der Waals surface area contributed by atoms with Crippen molar-refractivity contribution in [2.45, 2.75) is 24.8 Å². The predicted octanol–water partition coefficient (Wildman–Crippen LogP) is 2.42. The minimum atomic E-state index is 0.105. The van der Waals surface area contributed by atoms with E-state index in [9.17, 15) is 5.11 Å². The summed E-state index contributed by atoms with van der Waals surface area (Å²) < 4.78 is 5.22. The zero-order chi connectivity index (χ0) is 17.5. The Morgan fingerprint density at radius 2 is 2.00 bits per heavy atom. The Balaban J connectivity index is 1.47. The Labute approximate surface area is 149 Å². The van der Waals surface area contributed by atoms with Crippen LogP contribution in [0.2, 0.25) is 0 Å². The third-order valence-electron chi connectivity index (χ3n) is 4.96. The van der Waals surface area contributed by atoms with Gasteiger partial charge in [-0.2, -0.15) is 0 Å². The highest BCUT2D eigenvalue weighted by molar-refractivity contribution is 5.49. The molecule has 0 spiro atoms. The summed E-state index contributed by atoms with van der Waals surface area (Å²) in [6.07, 6.45) is 5.82. The average Bonchev–Trinajstić information content (AvgIpc) is 2.70. The number of nitrogens with zero attached hydrogens (tertiary/aromatic N) is 2. The van der Waals surface area contributed by atoms with E-state index in [1.165, 1.54) is 5.69 Å². The number of benzene rings is 1. The fourth-order valence-corrected chi connectivity index (χ4v) is 3.35. The first-order chi connectivity index (χ1) is 12.3. The van der Waals surface area contributed by atoms with Gasteiger partial charge in [-0.1, -0.05) is 6.07 Å². The van der Waals surface area contributed by atoms with Gasteiger partial charge in [0.05, 0.1) is 13.7 Å². The second kappa shape index (κ2) is 8.83. The fraction of sp³-hybridized carbons (Fsp3) is 0.450. The minimum Gasteiger partial charge on any atom is -0.497 e. The number of aliphatic hydroxyl groups excluding tert-OH is 1. The molecule has 1 aliphatic heterocycles. The lowest BCUT2D eigenvalue weighted by Gasteiger charge is -2.34. The highest BCUT2D eigenvalue weighted by Gasteiger charge is 2.20.